The average Bonchev–Trinajstić information content (AvgIpc) is 2.85. The van der Waals surface area contributed by atoms with Crippen LogP contribution >= 0.6 is 15.9 Å². The van der Waals surface area contributed by atoms with Gasteiger partial charge in [0.25, 0.3) is 5.91 Å². The van der Waals surface area contributed by atoms with Crippen molar-refractivity contribution in [2.75, 3.05) is 7.11 Å². The van der Waals surface area contributed by atoms with Crippen LogP contribution in [0.2, 0.25) is 0 Å². The van der Waals surface area contributed by atoms with E-state index in [1.165, 1.54) is 0 Å². The van der Waals surface area contributed by atoms with E-state index in [9.17, 15) is 4.79 Å². The monoisotopic (exact) mass is 322 g/mol. The summed E-state index contributed by atoms with van der Waals surface area (Å²) >= 11 is 3.30. The number of aromatic amines is 1. The highest BCUT2D eigenvalue weighted by atomic mass is 79.9. The number of benzene rings is 1. The maximum atomic E-state index is 12.0. The molecule has 0 aliphatic heterocycles. The standard InChI is InChI=1S/C14H15BrN2O2/c1-9(10-3-5-12(19-2)6-4-10)17-14(18)13-7-11(15)8-16-13/h3-9,16H,1-2H3,(H,17,18). The Balaban J connectivity index is 2.03. The molecule has 0 spiro atoms. The van der Waals surface area contributed by atoms with E-state index in [2.05, 4.69) is 26.2 Å². The van der Waals surface area contributed by atoms with Crippen LogP contribution in [-0.2, 0) is 0 Å². The predicted molar refractivity (Wildman–Crippen MR) is 77.4 cm³/mol. The molecule has 2 aromatic rings. The van der Waals surface area contributed by atoms with Crippen molar-refractivity contribution in [3.63, 3.8) is 0 Å². The Morgan fingerprint density at radius 1 is 1.37 bits per heavy atom. The van der Waals surface area contributed by atoms with Crippen LogP contribution in [-0.4, -0.2) is 18.0 Å². The van der Waals surface area contributed by atoms with Crippen LogP contribution in [0.25, 0.3) is 0 Å². The van der Waals surface area contributed by atoms with Crippen molar-refractivity contribution in [1.29, 1.82) is 0 Å². The zero-order valence-corrected chi connectivity index (χ0v) is 12.3. The predicted octanol–water partition coefficient (Wildman–Crippen LogP) is 3.28. The van der Waals surface area contributed by atoms with Crippen LogP contribution in [0, 0.1) is 0 Å². The molecule has 0 saturated carbocycles. The number of nitrogens with one attached hydrogen (secondary N) is 2. The summed E-state index contributed by atoms with van der Waals surface area (Å²) in [4.78, 5) is 14.9. The smallest absolute Gasteiger partial charge is 0.268 e. The second-order valence-corrected chi connectivity index (χ2v) is 5.12. The van der Waals surface area contributed by atoms with Gasteiger partial charge in [-0.2, -0.15) is 0 Å². The van der Waals surface area contributed by atoms with Gasteiger partial charge in [-0.05, 0) is 46.6 Å². The number of methoxy groups -OCH3 is 1. The molecule has 5 heteroatoms. The molecule has 1 amide bonds. The van der Waals surface area contributed by atoms with Crippen molar-refractivity contribution < 1.29 is 9.53 Å². The van der Waals surface area contributed by atoms with Crippen LogP contribution in [0.4, 0.5) is 0 Å². The third-order valence-electron chi connectivity index (χ3n) is 2.86. The Bertz CT molecular complexity index is 563. The SMILES string of the molecule is COc1ccc(C(C)NC(=O)c2cc(Br)c[nH]2)cc1. The first kappa shape index (κ1) is 13.7. The van der Waals surface area contributed by atoms with E-state index < -0.39 is 0 Å². The molecule has 4 nitrogen and oxygen atoms in total. The fraction of sp³-hybridized carbons (Fsp3) is 0.214. The molecule has 1 unspecified atom stereocenters. The summed E-state index contributed by atoms with van der Waals surface area (Å²) in [7, 11) is 1.63. The topological polar surface area (TPSA) is 54.1 Å². The summed E-state index contributed by atoms with van der Waals surface area (Å²) in [5, 5.41) is 2.93. The number of halogens is 1. The van der Waals surface area contributed by atoms with Gasteiger partial charge in [0, 0.05) is 10.7 Å². The van der Waals surface area contributed by atoms with E-state index in [1.54, 1.807) is 19.4 Å². The minimum Gasteiger partial charge on any atom is -0.497 e. The molecule has 2 N–H and O–H groups in total. The van der Waals surface area contributed by atoms with Gasteiger partial charge in [0.15, 0.2) is 0 Å². The van der Waals surface area contributed by atoms with Crippen molar-refractivity contribution in [3.8, 4) is 5.75 Å². The first-order valence-corrected chi connectivity index (χ1v) is 6.68. The number of rotatable bonds is 4. The van der Waals surface area contributed by atoms with Gasteiger partial charge >= 0.3 is 0 Å². The van der Waals surface area contributed by atoms with E-state index in [1.807, 2.05) is 31.2 Å². The van der Waals surface area contributed by atoms with E-state index in [4.69, 9.17) is 4.74 Å². The van der Waals surface area contributed by atoms with Gasteiger partial charge in [-0.25, -0.2) is 0 Å². The Morgan fingerprint density at radius 2 is 2.05 bits per heavy atom. The minimum atomic E-state index is -0.131. The summed E-state index contributed by atoms with van der Waals surface area (Å²) in [5.74, 6) is 0.671. The van der Waals surface area contributed by atoms with Gasteiger partial charge in [0.05, 0.1) is 13.2 Å². The second-order valence-electron chi connectivity index (χ2n) is 4.20. The quantitative estimate of drug-likeness (QED) is 0.907. The fourth-order valence-corrected chi connectivity index (χ4v) is 2.09. The number of hydrogen-bond donors (Lipinski definition) is 2. The summed E-state index contributed by atoms with van der Waals surface area (Å²) in [6.45, 7) is 1.94. The molecule has 100 valence electrons. The highest BCUT2D eigenvalue weighted by Gasteiger charge is 2.12. The third-order valence-corrected chi connectivity index (χ3v) is 3.31. The third kappa shape index (κ3) is 3.38. The number of H-pyrrole nitrogens is 1. The normalized spacial score (nSPS) is 11.9. The number of aromatic nitrogens is 1. The molecule has 1 heterocycles. The number of carbonyl (C=O) groups is 1. The lowest BCUT2D eigenvalue weighted by Crippen LogP contribution is -2.26. The Kier molecular flexibility index (Phi) is 4.27. The molecule has 1 aromatic heterocycles. The first-order valence-electron chi connectivity index (χ1n) is 5.89. The van der Waals surface area contributed by atoms with Crippen molar-refractivity contribution in [2.24, 2.45) is 0 Å². The first-order chi connectivity index (χ1) is 9.10. The molecule has 0 aliphatic rings. The van der Waals surface area contributed by atoms with Crippen LogP contribution in [0.1, 0.15) is 29.0 Å². The lowest BCUT2D eigenvalue weighted by molar-refractivity contribution is 0.0935. The number of hydrogen-bond acceptors (Lipinski definition) is 2. The fourth-order valence-electron chi connectivity index (χ4n) is 1.75. The molecule has 2 rings (SSSR count). The molecule has 19 heavy (non-hydrogen) atoms. The summed E-state index contributed by atoms with van der Waals surface area (Å²) in [5.41, 5.74) is 1.56. The van der Waals surface area contributed by atoms with Gasteiger partial charge in [-0.1, -0.05) is 12.1 Å². The second kappa shape index (κ2) is 5.93. The van der Waals surface area contributed by atoms with E-state index in [0.717, 1.165) is 15.8 Å². The zero-order valence-electron chi connectivity index (χ0n) is 10.7. The highest BCUT2D eigenvalue weighted by Crippen LogP contribution is 2.18. The summed E-state index contributed by atoms with van der Waals surface area (Å²) < 4.78 is 5.96. The van der Waals surface area contributed by atoms with Gasteiger partial charge in [0.1, 0.15) is 11.4 Å². The Labute approximate surface area is 120 Å². The van der Waals surface area contributed by atoms with Gasteiger partial charge in [0.2, 0.25) is 0 Å². The Morgan fingerprint density at radius 3 is 2.58 bits per heavy atom. The summed E-state index contributed by atoms with van der Waals surface area (Å²) in [6, 6.07) is 9.31. The maximum absolute atomic E-state index is 12.0. The molecule has 1 aromatic carbocycles. The highest BCUT2D eigenvalue weighted by molar-refractivity contribution is 9.10. The number of carbonyl (C=O) groups excluding carboxylic acids is 1. The lowest BCUT2D eigenvalue weighted by Gasteiger charge is -2.14. The van der Waals surface area contributed by atoms with E-state index in [-0.39, 0.29) is 11.9 Å². The number of ether oxygens (including phenoxy) is 1. The van der Waals surface area contributed by atoms with E-state index >= 15 is 0 Å². The zero-order chi connectivity index (χ0) is 13.8. The minimum absolute atomic E-state index is 0.0690. The number of amides is 1. The lowest BCUT2D eigenvalue weighted by atomic mass is 10.1. The van der Waals surface area contributed by atoms with Crippen molar-refractivity contribution in [2.45, 2.75) is 13.0 Å². The summed E-state index contributed by atoms with van der Waals surface area (Å²) in [6.07, 6.45) is 1.73. The van der Waals surface area contributed by atoms with Gasteiger partial charge < -0.3 is 15.0 Å². The molecular weight excluding hydrogens is 308 g/mol. The largest absolute Gasteiger partial charge is 0.497 e. The molecule has 0 radical (unpaired) electrons. The average molecular weight is 323 g/mol. The van der Waals surface area contributed by atoms with Crippen molar-refractivity contribution >= 4 is 21.8 Å². The van der Waals surface area contributed by atoms with Gasteiger partial charge in [-0.3, -0.25) is 4.79 Å². The maximum Gasteiger partial charge on any atom is 0.268 e. The van der Waals surface area contributed by atoms with Crippen molar-refractivity contribution in [3.05, 3.63) is 52.3 Å². The molecule has 1 atom stereocenters. The Hall–Kier alpha value is -1.75. The van der Waals surface area contributed by atoms with E-state index in [0.29, 0.717) is 5.69 Å². The molecule has 0 fully saturated rings. The van der Waals surface area contributed by atoms with Crippen molar-refractivity contribution in [1.82, 2.24) is 10.3 Å². The van der Waals surface area contributed by atoms with Crippen LogP contribution in [0.15, 0.2) is 41.0 Å². The molecule has 0 aliphatic carbocycles. The van der Waals surface area contributed by atoms with Crippen LogP contribution in [0.5, 0.6) is 5.75 Å². The molecule has 0 saturated heterocycles. The van der Waals surface area contributed by atoms with Crippen LogP contribution < -0.4 is 10.1 Å². The molecular formula is C14H15BrN2O2. The van der Waals surface area contributed by atoms with Gasteiger partial charge in [-0.15, -0.1) is 0 Å². The van der Waals surface area contributed by atoms with Crippen LogP contribution in [0.3, 0.4) is 0 Å². The molecule has 0 bridgehead atoms.